The van der Waals surface area contributed by atoms with Crippen LogP contribution in [0.15, 0.2) is 60.7 Å². The van der Waals surface area contributed by atoms with Gasteiger partial charge < -0.3 is 0 Å². The fourth-order valence-electron chi connectivity index (χ4n) is 2.77. The predicted octanol–water partition coefficient (Wildman–Crippen LogP) is 6.09. The molecule has 2 aromatic carbocycles. The van der Waals surface area contributed by atoms with Gasteiger partial charge in [0.25, 0.3) is 0 Å². The van der Waals surface area contributed by atoms with Gasteiger partial charge in [-0.2, -0.15) is 11.8 Å². The maximum absolute atomic E-state index is 6.25. The van der Waals surface area contributed by atoms with Crippen molar-refractivity contribution in [3.8, 4) is 0 Å². The molecule has 0 fully saturated rings. The van der Waals surface area contributed by atoms with Crippen molar-refractivity contribution >= 4 is 29.6 Å². The zero-order valence-electron chi connectivity index (χ0n) is 14.7. The van der Waals surface area contributed by atoms with Crippen LogP contribution < -0.4 is 0 Å². The van der Waals surface area contributed by atoms with Crippen LogP contribution in [0.2, 0.25) is 0 Å². The van der Waals surface area contributed by atoms with Crippen molar-refractivity contribution in [3.63, 3.8) is 0 Å². The van der Waals surface area contributed by atoms with Crippen molar-refractivity contribution in [1.29, 1.82) is 0 Å². The third-order valence-electron chi connectivity index (χ3n) is 4.29. The Labute approximate surface area is 157 Å². The highest BCUT2D eigenvalue weighted by Crippen LogP contribution is 2.47. The molecule has 0 N–H and O–H groups in total. The number of hydrogen-bond acceptors (Lipinski definition) is 2. The van der Waals surface area contributed by atoms with Gasteiger partial charge in [-0.1, -0.05) is 79.4 Å². The van der Waals surface area contributed by atoms with Gasteiger partial charge >= 0.3 is 0 Å². The molecule has 0 nitrogen and oxygen atoms in total. The van der Waals surface area contributed by atoms with Gasteiger partial charge in [0.2, 0.25) is 0 Å². The molecule has 0 amide bonds. The Hall–Kier alpha value is -0.560. The van der Waals surface area contributed by atoms with Gasteiger partial charge in [0.15, 0.2) is 0 Å². The number of rotatable bonds is 11. The molecular formula is C21H29PS2. The lowest BCUT2D eigenvalue weighted by atomic mass is 10.2. The highest BCUT2D eigenvalue weighted by atomic mass is 32.4. The lowest BCUT2D eigenvalue weighted by molar-refractivity contribution is 1.09. The Bertz CT molecular complexity index is 563. The molecule has 0 unspecified atom stereocenters. The molecule has 0 heterocycles. The van der Waals surface area contributed by atoms with Gasteiger partial charge in [-0.05, 0) is 66.4 Å². The molecule has 0 saturated carbocycles. The SMILES string of the molecule is CCCSCCP(=S)(CCc1ccccc1)CCc1ccccc1. The monoisotopic (exact) mass is 376 g/mol. The Morgan fingerprint density at radius 2 is 1.25 bits per heavy atom. The summed E-state index contributed by atoms with van der Waals surface area (Å²) in [6.45, 7) is 2.26. The Morgan fingerprint density at radius 3 is 1.71 bits per heavy atom. The summed E-state index contributed by atoms with van der Waals surface area (Å²) < 4.78 is 0. The van der Waals surface area contributed by atoms with E-state index in [1.54, 1.807) is 0 Å². The van der Waals surface area contributed by atoms with Crippen molar-refractivity contribution in [2.24, 2.45) is 0 Å². The number of thioether (sulfide) groups is 1. The second-order valence-electron chi connectivity index (χ2n) is 6.31. The van der Waals surface area contributed by atoms with Crippen molar-refractivity contribution in [1.82, 2.24) is 0 Å². The van der Waals surface area contributed by atoms with E-state index in [2.05, 4.69) is 79.3 Å². The van der Waals surface area contributed by atoms with Crippen LogP contribution in [0, 0.1) is 0 Å². The highest BCUT2D eigenvalue weighted by Gasteiger charge is 2.17. The summed E-state index contributed by atoms with van der Waals surface area (Å²) in [5.41, 5.74) is 2.88. The summed E-state index contributed by atoms with van der Waals surface area (Å²) in [6, 6.07) is 20.4. The van der Waals surface area contributed by atoms with Crippen molar-refractivity contribution in [2.45, 2.75) is 26.2 Å². The molecule has 130 valence electrons. The average molecular weight is 377 g/mol. The third-order valence-corrected chi connectivity index (χ3v) is 10.5. The molecular weight excluding hydrogens is 347 g/mol. The molecule has 3 heteroatoms. The number of hydrogen-bond donors (Lipinski definition) is 0. The fraction of sp³-hybridized carbons (Fsp3) is 0.429. The minimum absolute atomic E-state index is 1.14. The zero-order valence-corrected chi connectivity index (χ0v) is 17.2. The van der Waals surface area contributed by atoms with E-state index in [1.165, 1.54) is 47.5 Å². The zero-order chi connectivity index (χ0) is 17.1. The summed E-state index contributed by atoms with van der Waals surface area (Å²) in [5.74, 6) is 2.52. The van der Waals surface area contributed by atoms with Crippen LogP contribution in [0.3, 0.4) is 0 Å². The first kappa shape index (κ1) is 19.8. The lowest BCUT2D eigenvalue weighted by Gasteiger charge is -2.22. The molecule has 0 aliphatic heterocycles. The molecule has 0 bridgehead atoms. The van der Waals surface area contributed by atoms with E-state index in [0.29, 0.717) is 0 Å². The molecule has 2 aromatic rings. The van der Waals surface area contributed by atoms with Crippen molar-refractivity contribution in [3.05, 3.63) is 71.8 Å². The van der Waals surface area contributed by atoms with E-state index in [1.807, 2.05) is 0 Å². The van der Waals surface area contributed by atoms with Gasteiger partial charge in [0, 0.05) is 0 Å². The van der Waals surface area contributed by atoms with Crippen LogP contribution in [0.4, 0.5) is 0 Å². The van der Waals surface area contributed by atoms with E-state index in [-0.39, 0.29) is 0 Å². The van der Waals surface area contributed by atoms with Crippen LogP contribution in [0.1, 0.15) is 24.5 Å². The quantitative estimate of drug-likeness (QED) is 0.343. The number of benzene rings is 2. The second-order valence-corrected chi connectivity index (χ2v) is 13.3. The normalized spacial score (nSPS) is 11.5. The first-order valence-corrected chi connectivity index (χ1v) is 13.5. The number of aryl methyl sites for hydroxylation is 2. The molecule has 24 heavy (non-hydrogen) atoms. The molecule has 0 aromatic heterocycles. The van der Waals surface area contributed by atoms with Gasteiger partial charge in [0.1, 0.15) is 0 Å². The molecule has 0 radical (unpaired) electrons. The van der Waals surface area contributed by atoms with Gasteiger partial charge in [0.05, 0.1) is 0 Å². The Morgan fingerprint density at radius 1 is 0.750 bits per heavy atom. The average Bonchev–Trinajstić information content (AvgIpc) is 2.64. The third kappa shape index (κ3) is 7.55. The standard InChI is InChI=1S/C21H29PS2/c1-2-18-24-19-17-22(23,15-13-20-9-5-3-6-10-20)16-14-21-11-7-4-8-12-21/h3-12H,2,13-19H2,1H3. The second kappa shape index (κ2) is 11.1. The van der Waals surface area contributed by atoms with E-state index >= 15 is 0 Å². The lowest BCUT2D eigenvalue weighted by Crippen LogP contribution is -2.07. The molecule has 2 rings (SSSR count). The summed E-state index contributed by atoms with van der Waals surface area (Å²) in [6.07, 6.45) is 7.24. The Kier molecular flexibility index (Phi) is 9.17. The smallest absolute Gasteiger partial charge is 0.00209 e. The first-order valence-electron chi connectivity index (χ1n) is 8.94. The largest absolute Gasteiger partial charge is 0.162 e. The summed E-state index contributed by atoms with van der Waals surface area (Å²) in [4.78, 5) is 0. The van der Waals surface area contributed by atoms with Gasteiger partial charge in [-0.3, -0.25) is 0 Å². The van der Waals surface area contributed by atoms with E-state index in [0.717, 1.165) is 12.8 Å². The topological polar surface area (TPSA) is 0 Å². The van der Waals surface area contributed by atoms with E-state index in [9.17, 15) is 0 Å². The molecule has 0 saturated heterocycles. The minimum atomic E-state index is -1.28. The molecule has 0 aliphatic rings. The van der Waals surface area contributed by atoms with Crippen molar-refractivity contribution in [2.75, 3.05) is 30.0 Å². The first-order chi connectivity index (χ1) is 11.7. The van der Waals surface area contributed by atoms with E-state index in [4.69, 9.17) is 11.8 Å². The molecule has 0 atom stereocenters. The summed E-state index contributed by atoms with van der Waals surface area (Å²) in [7, 11) is 0. The van der Waals surface area contributed by atoms with Crippen LogP contribution in [-0.2, 0) is 24.6 Å². The van der Waals surface area contributed by atoms with Crippen molar-refractivity contribution < 1.29 is 0 Å². The molecule has 0 spiro atoms. The Balaban J connectivity index is 1.93. The maximum Gasteiger partial charge on any atom is -0.00209 e. The minimum Gasteiger partial charge on any atom is -0.162 e. The van der Waals surface area contributed by atoms with Crippen LogP contribution in [0.5, 0.6) is 0 Å². The van der Waals surface area contributed by atoms with Gasteiger partial charge in [-0.15, -0.1) is 0 Å². The summed E-state index contributed by atoms with van der Waals surface area (Å²) >= 11 is 8.33. The highest BCUT2D eigenvalue weighted by molar-refractivity contribution is 8.15. The molecule has 0 aliphatic carbocycles. The van der Waals surface area contributed by atoms with Gasteiger partial charge in [-0.25, -0.2) is 0 Å². The van der Waals surface area contributed by atoms with Crippen LogP contribution >= 0.6 is 17.8 Å². The predicted molar refractivity (Wildman–Crippen MR) is 117 cm³/mol. The van der Waals surface area contributed by atoms with Crippen LogP contribution in [-0.4, -0.2) is 30.0 Å². The van der Waals surface area contributed by atoms with E-state index < -0.39 is 6.04 Å². The van der Waals surface area contributed by atoms with Crippen LogP contribution in [0.25, 0.3) is 0 Å². The fourth-order valence-corrected chi connectivity index (χ4v) is 8.33. The summed E-state index contributed by atoms with van der Waals surface area (Å²) in [5, 5.41) is 0. The maximum atomic E-state index is 6.25.